The van der Waals surface area contributed by atoms with Crippen LogP contribution in [-0.4, -0.2) is 47.0 Å². The lowest BCUT2D eigenvalue weighted by atomic mass is 9.97. The summed E-state index contributed by atoms with van der Waals surface area (Å²) in [6.07, 6.45) is 1.65. The van der Waals surface area contributed by atoms with Gasteiger partial charge in [-0.25, -0.2) is 9.18 Å². The SMILES string of the molecule is CC(C)(C)OC(=O)N1CC=C(c2cccc(OCC(=O)c3ccc(Cl)cc3F)c2[N+](=O)[O-])CC1. The molecule has 1 heterocycles. The van der Waals surface area contributed by atoms with Crippen LogP contribution in [0.25, 0.3) is 5.57 Å². The minimum absolute atomic E-state index is 0.110. The maximum absolute atomic E-state index is 14.0. The number of carbonyl (C=O) groups excluding carboxylic acids is 2. The Balaban J connectivity index is 1.78. The number of ketones is 1. The molecule has 1 amide bonds. The third kappa shape index (κ3) is 6.11. The average Bonchev–Trinajstić information content (AvgIpc) is 2.76. The quantitative estimate of drug-likeness (QED) is 0.294. The fraction of sp³-hybridized carbons (Fsp3) is 0.333. The van der Waals surface area contributed by atoms with Crippen LogP contribution < -0.4 is 4.74 Å². The smallest absolute Gasteiger partial charge is 0.410 e. The summed E-state index contributed by atoms with van der Waals surface area (Å²) in [5, 5.41) is 12.0. The number of nitro groups is 1. The molecule has 0 unspecified atom stereocenters. The summed E-state index contributed by atoms with van der Waals surface area (Å²) in [6, 6.07) is 8.15. The molecule has 0 saturated carbocycles. The molecule has 0 aromatic heterocycles. The van der Waals surface area contributed by atoms with Crippen molar-refractivity contribution >= 4 is 34.7 Å². The van der Waals surface area contributed by atoms with Crippen molar-refractivity contribution in [3.05, 3.63) is 74.6 Å². The second kappa shape index (κ2) is 10.2. The monoisotopic (exact) mass is 490 g/mol. The zero-order valence-electron chi connectivity index (χ0n) is 19.0. The number of benzene rings is 2. The molecule has 0 atom stereocenters. The molecule has 8 nitrogen and oxygen atoms in total. The van der Waals surface area contributed by atoms with Crippen molar-refractivity contribution in [2.75, 3.05) is 19.7 Å². The zero-order valence-corrected chi connectivity index (χ0v) is 19.7. The van der Waals surface area contributed by atoms with Crippen LogP contribution in [0, 0.1) is 15.9 Å². The number of nitrogens with zero attached hydrogens (tertiary/aromatic N) is 2. The highest BCUT2D eigenvalue weighted by molar-refractivity contribution is 6.30. The standard InChI is InChI=1S/C24H24ClFN2O6/c1-24(2,3)34-23(30)27-11-9-15(10-12-27)17-5-4-6-21(22(17)28(31)32)33-14-20(29)18-8-7-16(25)13-19(18)26/h4-9,13H,10-12,14H2,1-3H3. The van der Waals surface area contributed by atoms with Crippen molar-refractivity contribution in [2.24, 2.45) is 0 Å². The number of Topliss-reactive ketones (excluding diaryl/α,β-unsaturated/α-hetero) is 1. The Bertz CT molecular complexity index is 1160. The summed E-state index contributed by atoms with van der Waals surface area (Å²) in [4.78, 5) is 37.5. The van der Waals surface area contributed by atoms with Gasteiger partial charge in [0.15, 0.2) is 12.4 Å². The molecule has 2 aromatic rings. The Hall–Kier alpha value is -3.46. The van der Waals surface area contributed by atoms with Crippen LogP contribution in [0.15, 0.2) is 42.5 Å². The summed E-state index contributed by atoms with van der Waals surface area (Å²) in [5.41, 5.74) is -0.148. The molecular weight excluding hydrogens is 467 g/mol. The number of rotatable bonds is 6. The van der Waals surface area contributed by atoms with Gasteiger partial charge in [0.1, 0.15) is 11.4 Å². The van der Waals surface area contributed by atoms with Gasteiger partial charge in [0, 0.05) is 18.1 Å². The highest BCUT2D eigenvalue weighted by Crippen LogP contribution is 2.37. The normalized spacial score (nSPS) is 13.8. The molecule has 1 aliphatic rings. The van der Waals surface area contributed by atoms with Crippen LogP contribution in [-0.2, 0) is 4.74 Å². The Morgan fingerprint density at radius 1 is 1.24 bits per heavy atom. The number of hydrogen-bond donors (Lipinski definition) is 0. The number of nitro benzene ring substituents is 1. The van der Waals surface area contributed by atoms with Crippen LogP contribution in [0.5, 0.6) is 5.75 Å². The minimum atomic E-state index is -0.800. The molecule has 1 aliphatic heterocycles. The number of halogens is 2. The van der Waals surface area contributed by atoms with Gasteiger partial charge in [0.25, 0.3) is 0 Å². The summed E-state index contributed by atoms with van der Waals surface area (Å²) in [5.74, 6) is -1.59. The molecule has 0 N–H and O–H groups in total. The highest BCUT2D eigenvalue weighted by atomic mass is 35.5. The van der Waals surface area contributed by atoms with Gasteiger partial charge < -0.3 is 14.4 Å². The van der Waals surface area contributed by atoms with Gasteiger partial charge in [0.05, 0.1) is 16.1 Å². The van der Waals surface area contributed by atoms with E-state index in [0.717, 1.165) is 6.07 Å². The predicted octanol–water partition coefficient (Wildman–Crippen LogP) is 5.67. The van der Waals surface area contributed by atoms with Crippen LogP contribution in [0.2, 0.25) is 5.02 Å². The first-order valence-electron chi connectivity index (χ1n) is 10.5. The van der Waals surface area contributed by atoms with E-state index in [1.165, 1.54) is 23.1 Å². The van der Waals surface area contributed by atoms with Crippen LogP contribution in [0.3, 0.4) is 0 Å². The molecule has 2 aromatic carbocycles. The van der Waals surface area contributed by atoms with Gasteiger partial charge in [-0.3, -0.25) is 14.9 Å². The van der Waals surface area contributed by atoms with Gasteiger partial charge in [-0.05, 0) is 63.1 Å². The lowest BCUT2D eigenvalue weighted by Crippen LogP contribution is -2.39. The second-order valence-electron chi connectivity index (χ2n) is 8.65. The van der Waals surface area contributed by atoms with Gasteiger partial charge in [-0.1, -0.05) is 23.7 Å². The van der Waals surface area contributed by atoms with E-state index in [0.29, 0.717) is 24.1 Å². The maximum atomic E-state index is 14.0. The molecule has 0 fully saturated rings. The lowest BCUT2D eigenvalue weighted by Gasteiger charge is -2.29. The van der Waals surface area contributed by atoms with E-state index in [2.05, 4.69) is 0 Å². The molecule has 0 spiro atoms. The van der Waals surface area contributed by atoms with E-state index < -0.39 is 34.8 Å². The highest BCUT2D eigenvalue weighted by Gasteiger charge is 2.28. The third-order valence-corrected chi connectivity index (χ3v) is 5.21. The van der Waals surface area contributed by atoms with Crippen LogP contribution >= 0.6 is 11.6 Å². The van der Waals surface area contributed by atoms with E-state index in [9.17, 15) is 24.1 Å². The lowest BCUT2D eigenvalue weighted by molar-refractivity contribution is -0.386. The number of ether oxygens (including phenoxy) is 2. The van der Waals surface area contributed by atoms with Crippen LogP contribution in [0.1, 0.15) is 43.1 Å². The average molecular weight is 491 g/mol. The Kier molecular flexibility index (Phi) is 7.56. The number of hydrogen-bond acceptors (Lipinski definition) is 6. The molecular formula is C24H24ClFN2O6. The van der Waals surface area contributed by atoms with Crippen molar-refractivity contribution in [3.8, 4) is 5.75 Å². The predicted molar refractivity (Wildman–Crippen MR) is 125 cm³/mol. The molecule has 180 valence electrons. The molecule has 0 radical (unpaired) electrons. The van der Waals surface area contributed by atoms with E-state index in [1.54, 1.807) is 39.0 Å². The van der Waals surface area contributed by atoms with Gasteiger partial charge >= 0.3 is 11.8 Å². The fourth-order valence-electron chi connectivity index (χ4n) is 3.43. The van der Waals surface area contributed by atoms with Crippen molar-refractivity contribution in [1.29, 1.82) is 0 Å². The van der Waals surface area contributed by atoms with E-state index in [-0.39, 0.29) is 28.6 Å². The largest absolute Gasteiger partial charge is 0.478 e. The van der Waals surface area contributed by atoms with E-state index >= 15 is 0 Å². The molecule has 0 aliphatic carbocycles. The molecule has 34 heavy (non-hydrogen) atoms. The first kappa shape index (κ1) is 25.2. The zero-order chi connectivity index (χ0) is 25.0. The molecule has 0 bridgehead atoms. The van der Waals surface area contributed by atoms with Gasteiger partial charge in [-0.15, -0.1) is 0 Å². The van der Waals surface area contributed by atoms with Crippen molar-refractivity contribution in [1.82, 2.24) is 4.90 Å². The Morgan fingerprint density at radius 3 is 2.56 bits per heavy atom. The third-order valence-electron chi connectivity index (χ3n) is 4.98. The van der Waals surface area contributed by atoms with Crippen LogP contribution in [0.4, 0.5) is 14.9 Å². The Labute approximate surface area is 201 Å². The van der Waals surface area contributed by atoms with Crippen molar-refractivity contribution in [2.45, 2.75) is 32.8 Å². The minimum Gasteiger partial charge on any atom is -0.478 e. The topological polar surface area (TPSA) is 99.0 Å². The van der Waals surface area contributed by atoms with Gasteiger partial charge in [0.2, 0.25) is 5.78 Å². The second-order valence-corrected chi connectivity index (χ2v) is 9.09. The summed E-state index contributed by atoms with van der Waals surface area (Å²) in [7, 11) is 0. The summed E-state index contributed by atoms with van der Waals surface area (Å²) in [6.45, 7) is 5.30. The first-order valence-corrected chi connectivity index (χ1v) is 10.9. The maximum Gasteiger partial charge on any atom is 0.410 e. The fourth-order valence-corrected chi connectivity index (χ4v) is 3.59. The summed E-state index contributed by atoms with van der Waals surface area (Å²) >= 11 is 5.70. The molecule has 10 heteroatoms. The van der Waals surface area contributed by atoms with Crippen molar-refractivity contribution in [3.63, 3.8) is 0 Å². The number of carbonyl (C=O) groups is 2. The van der Waals surface area contributed by atoms with E-state index in [1.807, 2.05) is 0 Å². The number of amides is 1. The molecule has 3 rings (SSSR count). The molecule has 0 saturated heterocycles. The Morgan fingerprint density at radius 2 is 1.97 bits per heavy atom. The summed E-state index contributed by atoms with van der Waals surface area (Å²) < 4.78 is 24.8. The van der Waals surface area contributed by atoms with Crippen molar-refractivity contribution < 1.29 is 28.4 Å². The van der Waals surface area contributed by atoms with Gasteiger partial charge in [-0.2, -0.15) is 0 Å². The number of para-hydroxylation sites is 1. The first-order chi connectivity index (χ1) is 16.0. The van der Waals surface area contributed by atoms with E-state index in [4.69, 9.17) is 21.1 Å².